The summed E-state index contributed by atoms with van der Waals surface area (Å²) in [5, 5.41) is 20.0. The number of rotatable bonds is 6. The molecule has 0 aliphatic heterocycles. The average Bonchev–Trinajstić information content (AvgIpc) is 2.02. The van der Waals surface area contributed by atoms with E-state index >= 15 is 0 Å². The highest BCUT2D eigenvalue weighted by atomic mass is 16.4. The van der Waals surface area contributed by atoms with Gasteiger partial charge >= 0.3 is 5.97 Å². The summed E-state index contributed by atoms with van der Waals surface area (Å²) in [5.41, 5.74) is -0.257. The van der Waals surface area contributed by atoms with Gasteiger partial charge in [-0.15, -0.1) is 0 Å². The van der Waals surface area contributed by atoms with Gasteiger partial charge in [-0.2, -0.15) is 0 Å². The van der Waals surface area contributed by atoms with Gasteiger partial charge in [0.1, 0.15) is 0 Å². The van der Waals surface area contributed by atoms with Crippen LogP contribution < -0.4 is 5.32 Å². The molecule has 4 heteroatoms. The van der Waals surface area contributed by atoms with Crippen LogP contribution in [0.5, 0.6) is 0 Å². The molecule has 0 aliphatic rings. The van der Waals surface area contributed by atoms with E-state index in [1.807, 2.05) is 13.8 Å². The summed E-state index contributed by atoms with van der Waals surface area (Å²) in [6.07, 6.45) is 1.39. The van der Waals surface area contributed by atoms with Crippen molar-refractivity contribution < 1.29 is 15.0 Å². The Labute approximate surface area is 72.6 Å². The zero-order valence-corrected chi connectivity index (χ0v) is 7.63. The van der Waals surface area contributed by atoms with Crippen molar-refractivity contribution in [2.75, 3.05) is 13.2 Å². The van der Waals surface area contributed by atoms with Gasteiger partial charge in [0.25, 0.3) is 0 Å². The second kappa shape index (κ2) is 5.11. The second-order valence-corrected chi connectivity index (χ2v) is 3.14. The largest absolute Gasteiger partial charge is 0.480 e. The van der Waals surface area contributed by atoms with Crippen molar-refractivity contribution in [3.05, 3.63) is 0 Å². The van der Waals surface area contributed by atoms with Crippen LogP contribution in [0, 0.1) is 0 Å². The summed E-state index contributed by atoms with van der Waals surface area (Å²) < 4.78 is 0. The van der Waals surface area contributed by atoms with Crippen molar-refractivity contribution >= 4 is 5.97 Å². The van der Waals surface area contributed by atoms with Gasteiger partial charge in [0.2, 0.25) is 0 Å². The molecular formula is C8H17NO3. The molecule has 72 valence electrons. The molecule has 0 bridgehead atoms. The van der Waals surface area contributed by atoms with Crippen LogP contribution in [0.25, 0.3) is 0 Å². The van der Waals surface area contributed by atoms with Crippen LogP contribution in [-0.4, -0.2) is 34.9 Å². The molecule has 0 saturated carbocycles. The van der Waals surface area contributed by atoms with E-state index in [1.54, 1.807) is 0 Å². The van der Waals surface area contributed by atoms with Crippen LogP contribution in [-0.2, 0) is 4.79 Å². The van der Waals surface area contributed by atoms with Crippen molar-refractivity contribution in [2.24, 2.45) is 0 Å². The molecule has 0 saturated heterocycles. The maximum atomic E-state index is 10.2. The molecule has 1 unspecified atom stereocenters. The van der Waals surface area contributed by atoms with E-state index in [4.69, 9.17) is 10.2 Å². The molecule has 4 nitrogen and oxygen atoms in total. The van der Waals surface area contributed by atoms with E-state index < -0.39 is 5.97 Å². The Morgan fingerprint density at radius 2 is 2.17 bits per heavy atom. The summed E-state index contributed by atoms with van der Waals surface area (Å²) >= 11 is 0. The van der Waals surface area contributed by atoms with Gasteiger partial charge in [-0.05, 0) is 19.8 Å². The predicted molar refractivity (Wildman–Crippen MR) is 46.0 cm³/mol. The quantitative estimate of drug-likeness (QED) is 0.540. The van der Waals surface area contributed by atoms with E-state index in [2.05, 4.69) is 5.32 Å². The van der Waals surface area contributed by atoms with Crippen molar-refractivity contribution in [2.45, 2.75) is 32.2 Å². The first-order valence-electron chi connectivity index (χ1n) is 4.12. The fourth-order valence-electron chi connectivity index (χ4n) is 0.926. The SMILES string of the molecule is CCC(C)(CCO)NCC(=O)O. The Kier molecular flexibility index (Phi) is 4.85. The van der Waals surface area contributed by atoms with Gasteiger partial charge in [0.15, 0.2) is 0 Å². The van der Waals surface area contributed by atoms with Crippen LogP contribution in [0.4, 0.5) is 0 Å². The topological polar surface area (TPSA) is 69.6 Å². The highest BCUT2D eigenvalue weighted by Gasteiger charge is 2.20. The van der Waals surface area contributed by atoms with Gasteiger partial charge < -0.3 is 15.5 Å². The van der Waals surface area contributed by atoms with Crippen LogP contribution in [0.2, 0.25) is 0 Å². The minimum Gasteiger partial charge on any atom is -0.480 e. The lowest BCUT2D eigenvalue weighted by Gasteiger charge is -2.28. The molecule has 0 aromatic rings. The Hall–Kier alpha value is -0.610. The molecule has 0 aromatic carbocycles. The molecule has 0 aromatic heterocycles. The number of aliphatic carboxylic acids is 1. The van der Waals surface area contributed by atoms with Crippen molar-refractivity contribution in [1.82, 2.24) is 5.32 Å². The van der Waals surface area contributed by atoms with Crippen LogP contribution in [0.15, 0.2) is 0 Å². The third-order valence-corrected chi connectivity index (χ3v) is 2.11. The predicted octanol–water partition coefficient (Wildman–Crippen LogP) is 0.212. The van der Waals surface area contributed by atoms with Crippen LogP contribution in [0.3, 0.4) is 0 Å². The number of carbonyl (C=O) groups is 1. The number of hydrogen-bond donors (Lipinski definition) is 3. The van der Waals surface area contributed by atoms with Gasteiger partial charge in [-0.25, -0.2) is 0 Å². The molecule has 0 spiro atoms. The summed E-state index contributed by atoms with van der Waals surface area (Å²) in [5.74, 6) is -0.868. The molecule has 0 radical (unpaired) electrons. The first-order chi connectivity index (χ1) is 5.54. The molecule has 1 atom stereocenters. The van der Waals surface area contributed by atoms with E-state index in [-0.39, 0.29) is 18.7 Å². The first-order valence-corrected chi connectivity index (χ1v) is 4.12. The smallest absolute Gasteiger partial charge is 0.317 e. The number of aliphatic hydroxyl groups is 1. The number of aliphatic hydroxyl groups excluding tert-OH is 1. The van der Waals surface area contributed by atoms with Gasteiger partial charge in [0, 0.05) is 12.1 Å². The first kappa shape index (κ1) is 11.4. The second-order valence-electron chi connectivity index (χ2n) is 3.14. The standard InChI is InChI=1S/C8H17NO3/c1-3-8(2,4-5-10)9-6-7(11)12/h9-10H,3-6H2,1-2H3,(H,11,12). The molecule has 12 heavy (non-hydrogen) atoms. The summed E-state index contributed by atoms with van der Waals surface area (Å²) in [4.78, 5) is 10.2. The number of nitrogens with one attached hydrogen (secondary N) is 1. The van der Waals surface area contributed by atoms with Crippen LogP contribution >= 0.6 is 0 Å². The Morgan fingerprint density at radius 1 is 1.58 bits per heavy atom. The van der Waals surface area contributed by atoms with E-state index in [0.717, 1.165) is 6.42 Å². The van der Waals surface area contributed by atoms with E-state index in [9.17, 15) is 4.79 Å². The maximum Gasteiger partial charge on any atom is 0.317 e. The Balaban J connectivity index is 3.86. The number of carboxylic acids is 1. The van der Waals surface area contributed by atoms with Crippen molar-refractivity contribution in [3.8, 4) is 0 Å². The van der Waals surface area contributed by atoms with Crippen molar-refractivity contribution in [3.63, 3.8) is 0 Å². The molecule has 3 N–H and O–H groups in total. The fraction of sp³-hybridized carbons (Fsp3) is 0.875. The summed E-state index contributed by atoms with van der Waals surface area (Å²) in [7, 11) is 0. The maximum absolute atomic E-state index is 10.2. The molecule has 0 rings (SSSR count). The zero-order valence-electron chi connectivity index (χ0n) is 7.63. The lowest BCUT2D eigenvalue weighted by molar-refractivity contribution is -0.136. The lowest BCUT2D eigenvalue weighted by atomic mass is 9.95. The fourth-order valence-corrected chi connectivity index (χ4v) is 0.926. The number of hydrogen-bond acceptors (Lipinski definition) is 3. The molecular weight excluding hydrogens is 158 g/mol. The van der Waals surface area contributed by atoms with Gasteiger partial charge in [-0.1, -0.05) is 6.92 Å². The van der Waals surface area contributed by atoms with E-state index in [1.165, 1.54) is 0 Å². The minimum atomic E-state index is -0.868. The lowest BCUT2D eigenvalue weighted by Crippen LogP contribution is -2.45. The Morgan fingerprint density at radius 3 is 2.50 bits per heavy atom. The number of carboxylic acid groups (broad SMARTS) is 1. The van der Waals surface area contributed by atoms with Gasteiger partial charge in [0.05, 0.1) is 6.54 Å². The normalized spacial score (nSPS) is 15.6. The minimum absolute atomic E-state index is 0.0513. The monoisotopic (exact) mass is 175 g/mol. The average molecular weight is 175 g/mol. The summed E-state index contributed by atoms with van der Waals surface area (Å²) in [6, 6.07) is 0. The molecule has 0 aliphatic carbocycles. The van der Waals surface area contributed by atoms with Gasteiger partial charge in [-0.3, -0.25) is 4.79 Å². The summed E-state index contributed by atoms with van der Waals surface area (Å²) in [6.45, 7) is 3.90. The zero-order chi connectivity index (χ0) is 9.61. The Bertz CT molecular complexity index is 149. The van der Waals surface area contributed by atoms with Crippen molar-refractivity contribution in [1.29, 1.82) is 0 Å². The molecule has 0 amide bonds. The third-order valence-electron chi connectivity index (χ3n) is 2.11. The molecule has 0 fully saturated rings. The van der Waals surface area contributed by atoms with E-state index in [0.29, 0.717) is 6.42 Å². The third kappa shape index (κ3) is 4.31. The highest BCUT2D eigenvalue weighted by Crippen LogP contribution is 2.12. The molecule has 0 heterocycles. The van der Waals surface area contributed by atoms with Crippen LogP contribution in [0.1, 0.15) is 26.7 Å². The highest BCUT2D eigenvalue weighted by molar-refractivity contribution is 5.69.